The fraction of sp³-hybridized carbons (Fsp3) is 0.368. The number of nitrogens with zero attached hydrogens (tertiary/aromatic N) is 2. The van der Waals surface area contributed by atoms with Crippen molar-refractivity contribution < 1.29 is 17.9 Å². The van der Waals surface area contributed by atoms with Gasteiger partial charge in [0.1, 0.15) is 11.4 Å². The average Bonchev–Trinajstić information content (AvgIpc) is 3.02. The van der Waals surface area contributed by atoms with Crippen LogP contribution in [0.5, 0.6) is 5.75 Å². The molecule has 1 N–H and O–H groups in total. The van der Waals surface area contributed by atoms with Crippen LogP contribution >= 0.6 is 0 Å². The fourth-order valence-electron chi connectivity index (χ4n) is 3.29. The third-order valence-electron chi connectivity index (χ3n) is 4.63. The molecule has 0 spiro atoms. The van der Waals surface area contributed by atoms with E-state index < -0.39 is 9.84 Å². The lowest BCUT2D eigenvalue weighted by molar-refractivity contribution is 0.102. The first kappa shape index (κ1) is 19.2. The van der Waals surface area contributed by atoms with Gasteiger partial charge in [0, 0.05) is 36.2 Å². The lowest BCUT2D eigenvalue weighted by atomic mass is 10.2. The number of rotatable bonds is 6. The number of methoxy groups -OCH3 is 1. The van der Waals surface area contributed by atoms with E-state index in [4.69, 9.17) is 4.74 Å². The molecule has 3 rings (SSSR count). The van der Waals surface area contributed by atoms with Crippen molar-refractivity contribution in [2.45, 2.75) is 19.4 Å². The largest absolute Gasteiger partial charge is 0.497 e. The summed E-state index contributed by atoms with van der Waals surface area (Å²) in [7, 11) is -1.42. The molecule has 1 aliphatic rings. The van der Waals surface area contributed by atoms with E-state index in [1.807, 2.05) is 11.8 Å². The van der Waals surface area contributed by atoms with Gasteiger partial charge in [0.25, 0.3) is 5.91 Å². The van der Waals surface area contributed by atoms with Crippen LogP contribution in [0.3, 0.4) is 0 Å². The van der Waals surface area contributed by atoms with Gasteiger partial charge in [-0.25, -0.2) is 8.42 Å². The van der Waals surface area contributed by atoms with Crippen LogP contribution in [0.15, 0.2) is 42.6 Å². The highest BCUT2D eigenvalue weighted by atomic mass is 32.2. The molecule has 2 heterocycles. The molecule has 1 aromatic carbocycles. The number of pyridine rings is 1. The second-order valence-corrected chi connectivity index (χ2v) is 8.66. The Bertz CT molecular complexity index is 930. The third kappa shape index (κ3) is 4.57. The van der Waals surface area contributed by atoms with Gasteiger partial charge >= 0.3 is 0 Å². The highest BCUT2D eigenvalue weighted by molar-refractivity contribution is 7.91. The molecule has 1 unspecified atom stereocenters. The minimum Gasteiger partial charge on any atom is -0.497 e. The lowest BCUT2D eigenvalue weighted by Gasteiger charge is -2.29. The normalized spacial score (nSPS) is 18.1. The Hall–Kier alpha value is -2.61. The van der Waals surface area contributed by atoms with Crippen LogP contribution in [0.4, 0.5) is 11.4 Å². The van der Waals surface area contributed by atoms with Gasteiger partial charge in [0.2, 0.25) is 0 Å². The second-order valence-electron chi connectivity index (χ2n) is 6.43. The van der Waals surface area contributed by atoms with E-state index in [9.17, 15) is 13.2 Å². The Labute approximate surface area is 159 Å². The van der Waals surface area contributed by atoms with Crippen molar-refractivity contribution in [1.82, 2.24) is 4.98 Å². The first-order valence-electron chi connectivity index (χ1n) is 8.80. The van der Waals surface area contributed by atoms with Gasteiger partial charge in [0.05, 0.1) is 18.6 Å². The molecule has 1 saturated heterocycles. The van der Waals surface area contributed by atoms with E-state index in [0.717, 1.165) is 5.69 Å². The van der Waals surface area contributed by atoms with Crippen LogP contribution in [0.2, 0.25) is 0 Å². The summed E-state index contributed by atoms with van der Waals surface area (Å²) in [6.45, 7) is 2.63. The average molecular weight is 389 g/mol. The van der Waals surface area contributed by atoms with E-state index in [0.29, 0.717) is 24.4 Å². The molecule has 2 aromatic rings. The van der Waals surface area contributed by atoms with E-state index >= 15 is 0 Å². The number of anilines is 2. The van der Waals surface area contributed by atoms with Crippen LogP contribution in [0, 0.1) is 0 Å². The number of aromatic nitrogens is 1. The van der Waals surface area contributed by atoms with Crippen molar-refractivity contribution in [1.29, 1.82) is 0 Å². The van der Waals surface area contributed by atoms with E-state index in [-0.39, 0.29) is 29.1 Å². The smallest absolute Gasteiger partial charge is 0.274 e. The molecule has 8 heteroatoms. The maximum Gasteiger partial charge on any atom is 0.274 e. The molecule has 7 nitrogen and oxygen atoms in total. The molecule has 1 amide bonds. The summed E-state index contributed by atoms with van der Waals surface area (Å²) in [6.07, 6.45) is 2.17. The minimum absolute atomic E-state index is 0.0725. The quantitative estimate of drug-likeness (QED) is 0.816. The monoisotopic (exact) mass is 389 g/mol. The number of nitrogens with one attached hydrogen (secondary N) is 1. The van der Waals surface area contributed by atoms with Gasteiger partial charge < -0.3 is 15.0 Å². The van der Waals surface area contributed by atoms with Crippen molar-refractivity contribution in [3.8, 4) is 5.75 Å². The summed E-state index contributed by atoms with van der Waals surface area (Å²) < 4.78 is 28.8. The molecular formula is C19H23N3O4S. The van der Waals surface area contributed by atoms with Crippen molar-refractivity contribution in [2.24, 2.45) is 0 Å². The number of amides is 1. The molecule has 1 aromatic heterocycles. The zero-order chi connectivity index (χ0) is 19.4. The van der Waals surface area contributed by atoms with Gasteiger partial charge in [-0.2, -0.15) is 0 Å². The van der Waals surface area contributed by atoms with Crippen LogP contribution in [0.1, 0.15) is 23.8 Å². The topological polar surface area (TPSA) is 88.6 Å². The summed E-state index contributed by atoms with van der Waals surface area (Å²) in [6, 6.07) is 10.5. The highest BCUT2D eigenvalue weighted by Crippen LogP contribution is 2.25. The van der Waals surface area contributed by atoms with E-state index in [2.05, 4.69) is 10.3 Å². The molecular weight excluding hydrogens is 366 g/mol. The number of ether oxygens (including phenoxy) is 1. The first-order valence-corrected chi connectivity index (χ1v) is 10.6. The van der Waals surface area contributed by atoms with Gasteiger partial charge in [-0.1, -0.05) is 6.07 Å². The number of carbonyl (C=O) groups excluding carboxylic acids is 1. The summed E-state index contributed by atoms with van der Waals surface area (Å²) in [5.74, 6) is 0.672. The van der Waals surface area contributed by atoms with Crippen molar-refractivity contribution in [3.05, 3.63) is 48.3 Å². The lowest BCUT2D eigenvalue weighted by Crippen LogP contribution is -2.36. The molecule has 27 heavy (non-hydrogen) atoms. The number of benzene rings is 1. The summed E-state index contributed by atoms with van der Waals surface area (Å²) >= 11 is 0. The SMILES string of the molecule is CCN(c1ccnc(C(=O)Nc2cccc(OC)c2)c1)C1CCS(=O)(=O)C1. The number of hydrogen-bond donors (Lipinski definition) is 1. The zero-order valence-corrected chi connectivity index (χ0v) is 16.2. The highest BCUT2D eigenvalue weighted by Gasteiger charge is 2.32. The zero-order valence-electron chi connectivity index (χ0n) is 15.4. The fourth-order valence-corrected chi connectivity index (χ4v) is 5.02. The maximum atomic E-state index is 12.6. The molecule has 0 aliphatic carbocycles. The third-order valence-corrected chi connectivity index (χ3v) is 6.38. The van der Waals surface area contributed by atoms with Gasteiger partial charge in [-0.15, -0.1) is 0 Å². The Morgan fingerprint density at radius 3 is 2.81 bits per heavy atom. The van der Waals surface area contributed by atoms with Crippen molar-refractivity contribution >= 4 is 27.1 Å². The molecule has 1 fully saturated rings. The number of hydrogen-bond acceptors (Lipinski definition) is 6. The minimum atomic E-state index is -2.98. The summed E-state index contributed by atoms with van der Waals surface area (Å²) in [4.78, 5) is 18.8. The van der Waals surface area contributed by atoms with Crippen LogP contribution in [0.25, 0.3) is 0 Å². The predicted octanol–water partition coefficient (Wildman–Crippen LogP) is 2.36. The summed E-state index contributed by atoms with van der Waals surface area (Å²) in [5, 5.41) is 2.80. The van der Waals surface area contributed by atoms with Gasteiger partial charge in [-0.05, 0) is 37.6 Å². The molecule has 0 radical (unpaired) electrons. The predicted molar refractivity (Wildman–Crippen MR) is 105 cm³/mol. The van der Waals surface area contributed by atoms with E-state index in [1.165, 1.54) is 0 Å². The Morgan fingerprint density at radius 2 is 2.15 bits per heavy atom. The molecule has 0 saturated carbocycles. The van der Waals surface area contributed by atoms with E-state index in [1.54, 1.807) is 49.7 Å². The molecule has 144 valence electrons. The van der Waals surface area contributed by atoms with Gasteiger partial charge in [0.15, 0.2) is 9.84 Å². The van der Waals surface area contributed by atoms with Crippen molar-refractivity contribution in [2.75, 3.05) is 35.4 Å². The first-order chi connectivity index (χ1) is 12.9. The summed E-state index contributed by atoms with van der Waals surface area (Å²) in [5.41, 5.74) is 1.68. The maximum absolute atomic E-state index is 12.6. The standard InChI is InChI=1S/C19H23N3O4S/c1-3-22(16-8-10-27(24,25)13-16)15-7-9-20-18(12-15)19(23)21-14-5-4-6-17(11-14)26-2/h4-7,9,11-12,16H,3,8,10,13H2,1-2H3,(H,21,23). The Morgan fingerprint density at radius 1 is 1.33 bits per heavy atom. The second kappa shape index (κ2) is 7.96. The van der Waals surface area contributed by atoms with Crippen LogP contribution < -0.4 is 15.0 Å². The number of sulfone groups is 1. The van der Waals surface area contributed by atoms with Crippen LogP contribution in [-0.4, -0.2) is 50.5 Å². The Balaban J connectivity index is 1.78. The van der Waals surface area contributed by atoms with Gasteiger partial charge in [-0.3, -0.25) is 9.78 Å². The Kier molecular flexibility index (Phi) is 5.65. The molecule has 1 atom stereocenters. The van der Waals surface area contributed by atoms with Crippen molar-refractivity contribution in [3.63, 3.8) is 0 Å². The molecule has 0 bridgehead atoms. The number of carbonyl (C=O) groups is 1. The molecule has 1 aliphatic heterocycles. The van der Waals surface area contributed by atoms with Crippen LogP contribution in [-0.2, 0) is 9.84 Å².